The van der Waals surface area contributed by atoms with Crippen LogP contribution in [0, 0.1) is 6.92 Å². The molecule has 0 spiro atoms. The molecule has 0 bridgehead atoms. The van der Waals surface area contributed by atoms with Crippen molar-refractivity contribution in [2.24, 2.45) is 5.73 Å². The molecular formula is C10H15N3O2. The Labute approximate surface area is 88.3 Å². The molecule has 0 unspecified atom stereocenters. The second-order valence-corrected chi connectivity index (χ2v) is 3.92. The summed E-state index contributed by atoms with van der Waals surface area (Å²) < 4.78 is 5.07. The van der Waals surface area contributed by atoms with E-state index in [9.17, 15) is 4.79 Å². The normalized spacial score (nSPS) is 21.7. The molecule has 1 aromatic heterocycles. The lowest BCUT2D eigenvalue weighted by Crippen LogP contribution is -2.45. The van der Waals surface area contributed by atoms with Gasteiger partial charge in [-0.3, -0.25) is 4.79 Å². The molecule has 1 fully saturated rings. The molecule has 1 amide bonds. The van der Waals surface area contributed by atoms with Crippen LogP contribution in [0.1, 0.15) is 29.1 Å². The molecule has 0 radical (unpaired) electrons. The van der Waals surface area contributed by atoms with Crippen molar-refractivity contribution in [1.29, 1.82) is 0 Å². The van der Waals surface area contributed by atoms with E-state index < -0.39 is 0 Å². The smallest absolute Gasteiger partial charge is 0.291 e. The number of aryl methyl sites for hydroxylation is 1. The molecule has 5 nitrogen and oxygen atoms in total. The monoisotopic (exact) mass is 209 g/mol. The van der Waals surface area contributed by atoms with Crippen LogP contribution < -0.4 is 5.73 Å². The molecule has 2 rings (SSSR count). The number of aromatic nitrogens is 1. The first-order valence-corrected chi connectivity index (χ1v) is 5.13. The quantitative estimate of drug-likeness (QED) is 0.733. The van der Waals surface area contributed by atoms with E-state index in [1.807, 2.05) is 0 Å². The Balaban J connectivity index is 2.11. The second kappa shape index (κ2) is 4.02. The summed E-state index contributed by atoms with van der Waals surface area (Å²) in [5.41, 5.74) is 6.45. The SMILES string of the molecule is Cc1ncoc1C(=O)N1CCC[C@@H](N)C1. The predicted octanol–water partition coefficient (Wildman–Crippen LogP) is 0.546. The van der Waals surface area contributed by atoms with Crippen molar-refractivity contribution < 1.29 is 9.21 Å². The maximum absolute atomic E-state index is 12.0. The summed E-state index contributed by atoms with van der Waals surface area (Å²) in [5, 5.41) is 0. The fourth-order valence-electron chi connectivity index (χ4n) is 1.85. The molecule has 0 saturated carbocycles. The number of likely N-dealkylation sites (tertiary alicyclic amines) is 1. The van der Waals surface area contributed by atoms with Crippen molar-refractivity contribution >= 4 is 5.91 Å². The van der Waals surface area contributed by atoms with Gasteiger partial charge >= 0.3 is 0 Å². The van der Waals surface area contributed by atoms with Gasteiger partial charge < -0.3 is 15.1 Å². The molecule has 0 aromatic carbocycles. The van der Waals surface area contributed by atoms with Crippen LogP contribution in [0.2, 0.25) is 0 Å². The van der Waals surface area contributed by atoms with Gasteiger partial charge in [0.25, 0.3) is 5.91 Å². The fourth-order valence-corrected chi connectivity index (χ4v) is 1.85. The van der Waals surface area contributed by atoms with Crippen LogP contribution in [-0.2, 0) is 0 Å². The van der Waals surface area contributed by atoms with Crippen LogP contribution in [-0.4, -0.2) is 34.9 Å². The highest BCUT2D eigenvalue weighted by molar-refractivity contribution is 5.92. The van der Waals surface area contributed by atoms with Crippen LogP contribution in [0.4, 0.5) is 0 Å². The number of hydrogen-bond donors (Lipinski definition) is 1. The Bertz CT molecular complexity index is 361. The van der Waals surface area contributed by atoms with Gasteiger partial charge in [0.05, 0.1) is 5.69 Å². The van der Waals surface area contributed by atoms with Crippen LogP contribution >= 0.6 is 0 Å². The molecular weight excluding hydrogens is 194 g/mol. The van der Waals surface area contributed by atoms with Gasteiger partial charge in [0, 0.05) is 19.1 Å². The number of amides is 1. The van der Waals surface area contributed by atoms with Crippen molar-refractivity contribution in [3.63, 3.8) is 0 Å². The first-order valence-electron chi connectivity index (χ1n) is 5.13. The summed E-state index contributed by atoms with van der Waals surface area (Å²) in [6.45, 7) is 3.13. The van der Waals surface area contributed by atoms with E-state index >= 15 is 0 Å². The zero-order valence-electron chi connectivity index (χ0n) is 8.77. The van der Waals surface area contributed by atoms with Crippen molar-refractivity contribution in [2.45, 2.75) is 25.8 Å². The molecule has 1 saturated heterocycles. The highest BCUT2D eigenvalue weighted by Crippen LogP contribution is 2.14. The first kappa shape index (κ1) is 10.2. The summed E-state index contributed by atoms with van der Waals surface area (Å²) >= 11 is 0. The highest BCUT2D eigenvalue weighted by Gasteiger charge is 2.25. The van der Waals surface area contributed by atoms with E-state index in [4.69, 9.17) is 10.2 Å². The maximum Gasteiger partial charge on any atom is 0.291 e. The molecule has 0 aliphatic carbocycles. The first-order chi connectivity index (χ1) is 7.18. The lowest BCUT2D eigenvalue weighted by Gasteiger charge is -2.30. The minimum Gasteiger partial charge on any atom is -0.438 e. The molecule has 1 aliphatic heterocycles. The Morgan fingerprint density at radius 2 is 2.53 bits per heavy atom. The van der Waals surface area contributed by atoms with Gasteiger partial charge in [-0.25, -0.2) is 4.98 Å². The topological polar surface area (TPSA) is 72.4 Å². The van der Waals surface area contributed by atoms with Gasteiger partial charge in [0.15, 0.2) is 6.39 Å². The van der Waals surface area contributed by atoms with E-state index in [0.29, 0.717) is 18.0 Å². The maximum atomic E-state index is 12.0. The Kier molecular flexibility index (Phi) is 2.73. The third-order valence-corrected chi connectivity index (χ3v) is 2.68. The Hall–Kier alpha value is -1.36. The number of rotatable bonds is 1. The average molecular weight is 209 g/mol. The molecule has 2 heterocycles. The largest absolute Gasteiger partial charge is 0.438 e. The summed E-state index contributed by atoms with van der Waals surface area (Å²) in [4.78, 5) is 17.6. The highest BCUT2D eigenvalue weighted by atomic mass is 16.3. The number of nitrogens with zero attached hydrogens (tertiary/aromatic N) is 2. The van der Waals surface area contributed by atoms with Crippen LogP contribution in [0.5, 0.6) is 0 Å². The zero-order valence-corrected chi connectivity index (χ0v) is 8.77. The van der Waals surface area contributed by atoms with Gasteiger partial charge in [-0.2, -0.15) is 0 Å². The molecule has 1 aromatic rings. The average Bonchev–Trinajstić information content (AvgIpc) is 2.63. The second-order valence-electron chi connectivity index (χ2n) is 3.92. The van der Waals surface area contributed by atoms with Gasteiger partial charge in [-0.05, 0) is 19.8 Å². The van der Waals surface area contributed by atoms with Crippen molar-refractivity contribution in [3.05, 3.63) is 17.8 Å². The minimum absolute atomic E-state index is 0.0888. The number of nitrogens with two attached hydrogens (primary N) is 1. The van der Waals surface area contributed by atoms with Gasteiger partial charge in [-0.1, -0.05) is 0 Å². The lowest BCUT2D eigenvalue weighted by molar-refractivity contribution is 0.0675. The molecule has 1 aliphatic rings. The number of carbonyl (C=O) groups excluding carboxylic acids is 1. The number of piperidine rings is 1. The van der Waals surface area contributed by atoms with Gasteiger partial charge in [0.2, 0.25) is 5.76 Å². The molecule has 1 atom stereocenters. The fraction of sp³-hybridized carbons (Fsp3) is 0.600. The van der Waals surface area contributed by atoms with E-state index in [1.165, 1.54) is 6.39 Å². The summed E-state index contributed by atoms with van der Waals surface area (Å²) in [5.74, 6) is 0.240. The van der Waals surface area contributed by atoms with E-state index in [-0.39, 0.29) is 11.9 Å². The van der Waals surface area contributed by atoms with Crippen LogP contribution in [0.3, 0.4) is 0 Å². The third kappa shape index (κ3) is 2.02. The summed E-state index contributed by atoms with van der Waals surface area (Å²) in [7, 11) is 0. The third-order valence-electron chi connectivity index (χ3n) is 2.68. The summed E-state index contributed by atoms with van der Waals surface area (Å²) in [6.07, 6.45) is 3.24. The van der Waals surface area contributed by atoms with Gasteiger partial charge in [0.1, 0.15) is 0 Å². The number of hydrogen-bond acceptors (Lipinski definition) is 4. The van der Waals surface area contributed by atoms with Crippen molar-refractivity contribution in [3.8, 4) is 0 Å². The van der Waals surface area contributed by atoms with E-state index in [2.05, 4.69) is 4.98 Å². The minimum atomic E-state index is -0.0971. The number of oxazole rings is 1. The predicted molar refractivity (Wildman–Crippen MR) is 54.4 cm³/mol. The van der Waals surface area contributed by atoms with Gasteiger partial charge in [-0.15, -0.1) is 0 Å². The van der Waals surface area contributed by atoms with Crippen molar-refractivity contribution in [1.82, 2.24) is 9.88 Å². The van der Waals surface area contributed by atoms with E-state index in [0.717, 1.165) is 19.4 Å². The molecule has 5 heteroatoms. The lowest BCUT2D eigenvalue weighted by atomic mass is 10.1. The molecule has 82 valence electrons. The molecule has 15 heavy (non-hydrogen) atoms. The standard InChI is InChI=1S/C10H15N3O2/c1-7-9(15-6-12-7)10(14)13-4-2-3-8(11)5-13/h6,8H,2-5,11H2,1H3/t8-/m1/s1. The number of carbonyl (C=O) groups is 1. The molecule has 2 N–H and O–H groups in total. The Morgan fingerprint density at radius 3 is 3.13 bits per heavy atom. The van der Waals surface area contributed by atoms with Crippen LogP contribution in [0.25, 0.3) is 0 Å². The Morgan fingerprint density at radius 1 is 1.73 bits per heavy atom. The van der Waals surface area contributed by atoms with E-state index in [1.54, 1.807) is 11.8 Å². The zero-order chi connectivity index (χ0) is 10.8. The van der Waals surface area contributed by atoms with Crippen LogP contribution in [0.15, 0.2) is 10.8 Å². The van der Waals surface area contributed by atoms with Crippen molar-refractivity contribution in [2.75, 3.05) is 13.1 Å². The summed E-state index contributed by atoms with van der Waals surface area (Å²) in [6, 6.07) is 0.0888.